The van der Waals surface area contributed by atoms with E-state index in [4.69, 9.17) is 4.74 Å². The van der Waals surface area contributed by atoms with E-state index in [0.717, 1.165) is 19.6 Å². The number of nitrogens with one attached hydrogen (secondary N) is 1. The number of hydrogen-bond donors (Lipinski definition) is 1. The van der Waals surface area contributed by atoms with E-state index >= 15 is 0 Å². The van der Waals surface area contributed by atoms with Crippen LogP contribution in [-0.2, 0) is 16.2 Å². The van der Waals surface area contributed by atoms with Gasteiger partial charge < -0.3 is 4.74 Å². The summed E-state index contributed by atoms with van der Waals surface area (Å²) in [6.45, 7) is 2.01. The molecule has 8 heteroatoms. The van der Waals surface area contributed by atoms with Gasteiger partial charge in [-0.2, -0.15) is 5.26 Å². The molecule has 0 unspecified atom stereocenters. The fourth-order valence-corrected chi connectivity index (χ4v) is 4.19. The maximum Gasteiger partial charge on any atom is 0.335 e. The first-order chi connectivity index (χ1) is 16.4. The van der Waals surface area contributed by atoms with Crippen molar-refractivity contribution in [3.63, 3.8) is 0 Å². The number of barbiturate groups is 1. The smallest absolute Gasteiger partial charge is 0.335 e. The van der Waals surface area contributed by atoms with Crippen molar-refractivity contribution in [2.45, 2.75) is 13.5 Å². The first kappa shape index (κ1) is 23.2. The van der Waals surface area contributed by atoms with Crippen LogP contribution in [0.25, 0.3) is 6.08 Å². The third kappa shape index (κ3) is 4.70. The average Bonchev–Trinajstić information content (AvgIpc) is 2.82. The Kier molecular flexibility index (Phi) is 6.75. The Labute approximate surface area is 209 Å². The van der Waals surface area contributed by atoms with Crippen LogP contribution in [-0.4, -0.2) is 17.8 Å². The molecule has 0 spiro atoms. The summed E-state index contributed by atoms with van der Waals surface area (Å²) in [7, 11) is 0. The molecule has 3 aromatic carbocycles. The number of anilines is 1. The SMILES string of the molecule is Cc1ccccc1N1C(=O)NC(=O)/C(=C\c2ccc(OCc3ccccc3C#N)c(I)c2)C1=O. The summed E-state index contributed by atoms with van der Waals surface area (Å²) in [6.07, 6.45) is 1.45. The number of ether oxygens (including phenoxy) is 1. The predicted octanol–water partition coefficient (Wildman–Crippen LogP) is 4.72. The second-order valence-corrected chi connectivity index (χ2v) is 8.65. The average molecular weight is 563 g/mol. The number of urea groups is 1. The molecule has 34 heavy (non-hydrogen) atoms. The lowest BCUT2D eigenvalue weighted by atomic mass is 10.1. The minimum absolute atomic E-state index is 0.143. The number of rotatable bonds is 5. The third-order valence-electron chi connectivity index (χ3n) is 5.25. The maximum atomic E-state index is 13.1. The quantitative estimate of drug-likeness (QED) is 0.275. The topological polar surface area (TPSA) is 99.5 Å². The van der Waals surface area contributed by atoms with Crippen LogP contribution in [0.1, 0.15) is 22.3 Å². The van der Waals surface area contributed by atoms with E-state index in [1.807, 2.05) is 12.1 Å². The van der Waals surface area contributed by atoms with Crippen molar-refractivity contribution in [1.29, 1.82) is 5.26 Å². The van der Waals surface area contributed by atoms with E-state index in [0.29, 0.717) is 22.6 Å². The van der Waals surface area contributed by atoms with E-state index in [-0.39, 0.29) is 12.2 Å². The Hall–Kier alpha value is -3.97. The Morgan fingerprint density at radius 2 is 1.79 bits per heavy atom. The summed E-state index contributed by atoms with van der Waals surface area (Å²) < 4.78 is 6.64. The second kappa shape index (κ2) is 9.89. The van der Waals surface area contributed by atoms with Crippen LogP contribution in [0.4, 0.5) is 10.5 Å². The fraction of sp³-hybridized carbons (Fsp3) is 0.0769. The van der Waals surface area contributed by atoms with Crippen LogP contribution in [0.2, 0.25) is 0 Å². The molecule has 1 saturated heterocycles. The second-order valence-electron chi connectivity index (χ2n) is 7.49. The molecule has 3 aromatic rings. The third-order valence-corrected chi connectivity index (χ3v) is 6.09. The zero-order valence-electron chi connectivity index (χ0n) is 18.0. The van der Waals surface area contributed by atoms with Crippen molar-refractivity contribution < 1.29 is 19.1 Å². The van der Waals surface area contributed by atoms with Gasteiger partial charge in [0.25, 0.3) is 11.8 Å². The van der Waals surface area contributed by atoms with Crippen molar-refractivity contribution in [2.75, 3.05) is 4.90 Å². The van der Waals surface area contributed by atoms with Crippen LogP contribution in [0, 0.1) is 21.8 Å². The molecule has 1 heterocycles. The number of nitriles is 1. The molecule has 0 aliphatic carbocycles. The van der Waals surface area contributed by atoms with Crippen LogP contribution in [0.5, 0.6) is 5.75 Å². The van der Waals surface area contributed by atoms with Crippen LogP contribution in [0.3, 0.4) is 0 Å². The number of amides is 4. The highest BCUT2D eigenvalue weighted by atomic mass is 127. The molecule has 1 fully saturated rings. The minimum Gasteiger partial charge on any atom is -0.488 e. The standard InChI is InChI=1S/C26H18IN3O4/c1-16-6-2-5-9-22(16)30-25(32)20(24(31)29-26(30)33)12-17-10-11-23(21(27)13-17)34-15-19-8-4-3-7-18(19)14-28/h2-13H,15H2,1H3,(H,29,31,33)/b20-12+. The first-order valence-electron chi connectivity index (χ1n) is 10.3. The molecule has 168 valence electrons. The van der Waals surface area contributed by atoms with Gasteiger partial charge in [0, 0.05) is 5.56 Å². The van der Waals surface area contributed by atoms with Gasteiger partial charge in [-0.3, -0.25) is 14.9 Å². The van der Waals surface area contributed by atoms with Crippen molar-refractivity contribution in [3.8, 4) is 11.8 Å². The number of hydrogen-bond acceptors (Lipinski definition) is 5. The summed E-state index contributed by atoms with van der Waals surface area (Å²) >= 11 is 2.10. The maximum absolute atomic E-state index is 13.1. The van der Waals surface area contributed by atoms with Gasteiger partial charge in [-0.15, -0.1) is 0 Å². The van der Waals surface area contributed by atoms with Crippen LogP contribution >= 0.6 is 22.6 Å². The van der Waals surface area contributed by atoms with Crippen LogP contribution < -0.4 is 15.0 Å². The molecule has 1 N–H and O–H groups in total. The molecule has 1 aliphatic heterocycles. The van der Waals surface area contributed by atoms with Gasteiger partial charge in [-0.05, 0) is 71.0 Å². The van der Waals surface area contributed by atoms with Gasteiger partial charge in [0.2, 0.25) is 0 Å². The zero-order chi connectivity index (χ0) is 24.2. The number of aryl methyl sites for hydroxylation is 1. The highest BCUT2D eigenvalue weighted by Crippen LogP contribution is 2.27. The fourth-order valence-electron chi connectivity index (χ4n) is 3.49. The number of para-hydroxylation sites is 1. The van der Waals surface area contributed by atoms with Gasteiger partial charge >= 0.3 is 6.03 Å². The first-order valence-corrected chi connectivity index (χ1v) is 11.3. The lowest BCUT2D eigenvalue weighted by Crippen LogP contribution is -2.54. The Morgan fingerprint density at radius 1 is 1.06 bits per heavy atom. The van der Waals surface area contributed by atoms with Crippen molar-refractivity contribution in [1.82, 2.24) is 5.32 Å². The highest BCUT2D eigenvalue weighted by molar-refractivity contribution is 14.1. The minimum atomic E-state index is -0.780. The number of carbonyl (C=O) groups is 3. The van der Waals surface area contributed by atoms with Gasteiger partial charge in [0.15, 0.2) is 0 Å². The molecule has 0 atom stereocenters. The van der Waals surface area contributed by atoms with Crippen molar-refractivity contribution >= 4 is 52.2 Å². The van der Waals surface area contributed by atoms with E-state index in [2.05, 4.69) is 34.0 Å². The summed E-state index contributed by atoms with van der Waals surface area (Å²) in [5.41, 5.74) is 2.93. The van der Waals surface area contributed by atoms with Gasteiger partial charge in [-0.1, -0.05) is 42.5 Å². The van der Waals surface area contributed by atoms with Crippen molar-refractivity contribution in [2.24, 2.45) is 0 Å². The zero-order valence-corrected chi connectivity index (χ0v) is 20.2. The van der Waals surface area contributed by atoms with E-state index in [1.165, 1.54) is 6.08 Å². The molecule has 0 aromatic heterocycles. The Morgan fingerprint density at radius 3 is 2.53 bits per heavy atom. The normalized spacial score (nSPS) is 14.7. The molecule has 7 nitrogen and oxygen atoms in total. The Bertz CT molecular complexity index is 1390. The lowest BCUT2D eigenvalue weighted by molar-refractivity contribution is -0.122. The lowest BCUT2D eigenvalue weighted by Gasteiger charge is -2.27. The van der Waals surface area contributed by atoms with Gasteiger partial charge in [0.05, 0.1) is 20.9 Å². The molecule has 0 radical (unpaired) electrons. The summed E-state index contributed by atoms with van der Waals surface area (Å²) in [5, 5.41) is 11.5. The molecular formula is C26H18IN3O4. The molecular weight excluding hydrogens is 545 g/mol. The highest BCUT2D eigenvalue weighted by Gasteiger charge is 2.37. The van der Waals surface area contributed by atoms with E-state index in [1.54, 1.807) is 61.5 Å². The molecule has 4 rings (SSSR count). The molecule has 4 amide bonds. The van der Waals surface area contributed by atoms with Gasteiger partial charge in [0.1, 0.15) is 17.9 Å². The molecule has 0 bridgehead atoms. The summed E-state index contributed by atoms with van der Waals surface area (Å²) in [6, 6.07) is 20.8. The molecule has 1 aliphatic rings. The van der Waals surface area contributed by atoms with E-state index in [9.17, 15) is 19.6 Å². The van der Waals surface area contributed by atoms with E-state index < -0.39 is 17.8 Å². The Balaban J connectivity index is 1.58. The predicted molar refractivity (Wildman–Crippen MR) is 135 cm³/mol. The number of carbonyl (C=O) groups excluding carboxylic acids is 3. The van der Waals surface area contributed by atoms with Crippen LogP contribution in [0.15, 0.2) is 72.3 Å². The number of imide groups is 2. The largest absolute Gasteiger partial charge is 0.488 e. The van der Waals surface area contributed by atoms with Crippen molar-refractivity contribution in [3.05, 3.63) is 98.1 Å². The number of benzene rings is 3. The summed E-state index contributed by atoms with van der Waals surface area (Å²) in [5.74, 6) is -0.832. The monoisotopic (exact) mass is 563 g/mol. The number of halogens is 1. The molecule has 0 saturated carbocycles. The number of nitrogens with zero attached hydrogens (tertiary/aromatic N) is 2. The van der Waals surface area contributed by atoms with Gasteiger partial charge in [-0.25, -0.2) is 9.69 Å². The summed E-state index contributed by atoms with van der Waals surface area (Å²) in [4.78, 5) is 38.9.